The molecule has 0 bridgehead atoms. The van der Waals surface area contributed by atoms with E-state index in [2.05, 4.69) is 15.0 Å². The van der Waals surface area contributed by atoms with E-state index in [0.717, 1.165) is 18.2 Å². The molecule has 0 radical (unpaired) electrons. The van der Waals surface area contributed by atoms with E-state index in [1.165, 1.54) is 24.4 Å². The van der Waals surface area contributed by atoms with Gasteiger partial charge in [-0.1, -0.05) is 24.3 Å². The molecule has 35 heavy (non-hydrogen) atoms. The summed E-state index contributed by atoms with van der Waals surface area (Å²) in [4.78, 5) is 13.2. The number of H-pyrrole nitrogens is 1. The summed E-state index contributed by atoms with van der Waals surface area (Å²) in [5.74, 6) is 0.303. The number of nitrogens with zero attached hydrogens (tertiary/aromatic N) is 3. The number of nitrogens with one attached hydrogen (secondary N) is 1. The van der Waals surface area contributed by atoms with Gasteiger partial charge in [-0.3, -0.25) is 4.98 Å². The van der Waals surface area contributed by atoms with Crippen molar-refractivity contribution in [1.29, 1.82) is 0 Å². The molecule has 0 amide bonds. The number of aromatic nitrogens is 3. The number of ether oxygens (including phenoxy) is 1. The number of rotatable bonds is 3. The Morgan fingerprint density at radius 3 is 2.20 bits per heavy atom. The van der Waals surface area contributed by atoms with E-state index in [4.69, 9.17) is 4.74 Å². The topological polar surface area (TPSA) is 54.0 Å². The van der Waals surface area contributed by atoms with Crippen molar-refractivity contribution >= 4 is 16.7 Å². The number of hydrogen-bond acceptors (Lipinski definition) is 4. The van der Waals surface area contributed by atoms with E-state index in [9.17, 15) is 26.3 Å². The molecule has 2 aromatic heterocycles. The lowest BCUT2D eigenvalue weighted by Gasteiger charge is -2.29. The molecule has 11 heteroatoms. The second kappa shape index (κ2) is 8.56. The Bertz CT molecular complexity index is 1360. The maximum Gasteiger partial charge on any atom is 0.418 e. The summed E-state index contributed by atoms with van der Waals surface area (Å²) in [6, 6.07) is 10.3. The number of alkyl halides is 6. The van der Waals surface area contributed by atoms with Gasteiger partial charge in [0.05, 0.1) is 41.2 Å². The molecule has 1 saturated heterocycles. The summed E-state index contributed by atoms with van der Waals surface area (Å²) in [6.07, 6.45) is -7.82. The number of morpholine rings is 1. The van der Waals surface area contributed by atoms with Crippen molar-refractivity contribution in [2.24, 2.45) is 0 Å². The van der Waals surface area contributed by atoms with Gasteiger partial charge in [-0.25, -0.2) is 4.98 Å². The van der Waals surface area contributed by atoms with Crippen molar-refractivity contribution < 1.29 is 31.1 Å². The Kier molecular flexibility index (Phi) is 5.66. The molecule has 1 N–H and O–H groups in total. The van der Waals surface area contributed by atoms with E-state index in [0.29, 0.717) is 48.9 Å². The average Bonchev–Trinajstić information content (AvgIpc) is 3.27. The van der Waals surface area contributed by atoms with Crippen LogP contribution in [-0.4, -0.2) is 41.3 Å². The van der Waals surface area contributed by atoms with Gasteiger partial charge in [0.2, 0.25) is 0 Å². The van der Waals surface area contributed by atoms with Crippen molar-refractivity contribution in [2.75, 3.05) is 31.2 Å². The summed E-state index contributed by atoms with van der Waals surface area (Å²) < 4.78 is 86.0. The molecule has 182 valence electrons. The summed E-state index contributed by atoms with van der Waals surface area (Å²) in [5, 5.41) is 0. The van der Waals surface area contributed by atoms with Crippen LogP contribution >= 0.6 is 0 Å². The van der Waals surface area contributed by atoms with Crippen molar-refractivity contribution in [3.8, 4) is 22.6 Å². The standard InChI is InChI=1S/C24H18F6N4O/c25-23(26,27)16-12-18-21(19(13-16)34-8-10-35-11-9-34)33-22(32-18)15-5-3-14(4-6-15)20-17(24(28,29)30)2-1-7-31-20/h1-7,12-13H,8-11H2,(H,32,33). The van der Waals surface area contributed by atoms with Crippen molar-refractivity contribution in [3.05, 3.63) is 65.9 Å². The van der Waals surface area contributed by atoms with Crippen LogP contribution in [-0.2, 0) is 17.1 Å². The minimum absolute atomic E-state index is 0.208. The minimum atomic E-state index is -4.56. The normalized spacial score (nSPS) is 15.1. The van der Waals surface area contributed by atoms with Gasteiger partial charge in [-0.15, -0.1) is 0 Å². The average molecular weight is 492 g/mol. The van der Waals surface area contributed by atoms with Crippen LogP contribution in [0.15, 0.2) is 54.7 Å². The highest BCUT2D eigenvalue weighted by Gasteiger charge is 2.35. The van der Waals surface area contributed by atoms with E-state index in [-0.39, 0.29) is 16.8 Å². The van der Waals surface area contributed by atoms with Gasteiger partial charge in [-0.2, -0.15) is 26.3 Å². The molecular weight excluding hydrogens is 474 g/mol. The molecule has 0 aliphatic carbocycles. The molecule has 0 spiro atoms. The third-order valence-electron chi connectivity index (χ3n) is 5.79. The molecule has 0 saturated carbocycles. The van der Waals surface area contributed by atoms with Crippen molar-refractivity contribution in [3.63, 3.8) is 0 Å². The molecular formula is C24H18F6N4O. The molecule has 2 aromatic carbocycles. The van der Waals surface area contributed by atoms with E-state index >= 15 is 0 Å². The number of pyridine rings is 1. The van der Waals surface area contributed by atoms with Crippen molar-refractivity contribution in [2.45, 2.75) is 12.4 Å². The molecule has 5 nitrogen and oxygen atoms in total. The molecule has 1 fully saturated rings. The highest BCUT2D eigenvalue weighted by atomic mass is 19.4. The largest absolute Gasteiger partial charge is 0.418 e. The van der Waals surface area contributed by atoms with E-state index in [1.54, 1.807) is 17.0 Å². The zero-order chi connectivity index (χ0) is 24.8. The molecule has 0 unspecified atom stereocenters. The fourth-order valence-corrected chi connectivity index (χ4v) is 4.10. The molecule has 4 aromatic rings. The second-order valence-electron chi connectivity index (χ2n) is 8.05. The Morgan fingerprint density at radius 1 is 0.857 bits per heavy atom. The second-order valence-corrected chi connectivity index (χ2v) is 8.05. The molecule has 3 heterocycles. The summed E-state index contributed by atoms with van der Waals surface area (Å²) in [5.41, 5.74) is -0.158. The Hall–Kier alpha value is -3.60. The molecule has 5 rings (SSSR count). The van der Waals surface area contributed by atoms with Crippen LogP contribution < -0.4 is 4.90 Å². The van der Waals surface area contributed by atoms with Crippen LogP contribution in [0.25, 0.3) is 33.7 Å². The van der Waals surface area contributed by atoms with Crippen LogP contribution in [0.4, 0.5) is 32.0 Å². The predicted octanol–water partition coefficient (Wildman–Crippen LogP) is 6.17. The lowest BCUT2D eigenvalue weighted by atomic mass is 10.0. The lowest BCUT2D eigenvalue weighted by molar-refractivity contribution is -0.138. The molecule has 1 aliphatic heterocycles. The first-order valence-electron chi connectivity index (χ1n) is 10.7. The molecule has 0 atom stereocenters. The van der Waals surface area contributed by atoms with Crippen LogP contribution in [0.3, 0.4) is 0 Å². The molecule has 1 aliphatic rings. The first-order valence-corrected chi connectivity index (χ1v) is 10.7. The van der Waals surface area contributed by atoms with Gasteiger partial charge in [0.25, 0.3) is 0 Å². The van der Waals surface area contributed by atoms with Gasteiger partial charge in [-0.05, 0) is 24.3 Å². The van der Waals surface area contributed by atoms with Gasteiger partial charge in [0.15, 0.2) is 0 Å². The number of halogens is 6. The van der Waals surface area contributed by atoms with Crippen LogP contribution in [0.2, 0.25) is 0 Å². The Morgan fingerprint density at radius 2 is 1.54 bits per heavy atom. The number of anilines is 1. The Labute approximate surface area is 195 Å². The van der Waals surface area contributed by atoms with Crippen LogP contribution in [0.5, 0.6) is 0 Å². The minimum Gasteiger partial charge on any atom is -0.378 e. The highest BCUT2D eigenvalue weighted by molar-refractivity contribution is 5.92. The summed E-state index contributed by atoms with van der Waals surface area (Å²) >= 11 is 0. The van der Waals surface area contributed by atoms with Crippen LogP contribution in [0.1, 0.15) is 11.1 Å². The number of aromatic amines is 1. The smallest absolute Gasteiger partial charge is 0.378 e. The number of fused-ring (bicyclic) bond motifs is 1. The number of benzene rings is 2. The highest BCUT2D eigenvalue weighted by Crippen LogP contribution is 2.38. The maximum absolute atomic E-state index is 13.6. The van der Waals surface area contributed by atoms with Gasteiger partial charge >= 0.3 is 12.4 Å². The van der Waals surface area contributed by atoms with Gasteiger partial charge < -0.3 is 14.6 Å². The quantitative estimate of drug-likeness (QED) is 0.348. The van der Waals surface area contributed by atoms with Gasteiger partial charge in [0.1, 0.15) is 11.3 Å². The van der Waals surface area contributed by atoms with E-state index in [1.807, 2.05) is 0 Å². The summed E-state index contributed by atoms with van der Waals surface area (Å²) in [7, 11) is 0. The number of hydrogen-bond donors (Lipinski definition) is 1. The number of imidazole rings is 1. The maximum atomic E-state index is 13.6. The zero-order valence-electron chi connectivity index (χ0n) is 18.0. The summed E-state index contributed by atoms with van der Waals surface area (Å²) in [6.45, 7) is 1.64. The predicted molar refractivity (Wildman–Crippen MR) is 118 cm³/mol. The van der Waals surface area contributed by atoms with E-state index < -0.39 is 23.5 Å². The van der Waals surface area contributed by atoms with Crippen molar-refractivity contribution in [1.82, 2.24) is 15.0 Å². The van der Waals surface area contributed by atoms with Gasteiger partial charge in [0, 0.05) is 30.4 Å². The monoisotopic (exact) mass is 492 g/mol. The third kappa shape index (κ3) is 4.55. The first-order chi connectivity index (χ1) is 16.6. The lowest BCUT2D eigenvalue weighted by Crippen LogP contribution is -2.36. The zero-order valence-corrected chi connectivity index (χ0v) is 18.0. The fourth-order valence-electron chi connectivity index (χ4n) is 4.10. The Balaban J connectivity index is 1.56. The fraction of sp³-hybridized carbons (Fsp3) is 0.250. The van der Waals surface area contributed by atoms with Crippen LogP contribution in [0, 0.1) is 0 Å². The first kappa shape index (κ1) is 23.2. The third-order valence-corrected chi connectivity index (χ3v) is 5.79. The SMILES string of the molecule is FC(F)(F)c1cc(N2CCOCC2)c2nc(-c3ccc(-c4ncccc4C(F)(F)F)cc3)[nH]c2c1.